The van der Waals surface area contributed by atoms with Crippen molar-refractivity contribution in [1.82, 2.24) is 4.98 Å². The molecule has 0 N–H and O–H groups in total. The Morgan fingerprint density at radius 2 is 2.00 bits per heavy atom. The number of hydrogen-bond acceptors (Lipinski definition) is 4. The summed E-state index contributed by atoms with van der Waals surface area (Å²) < 4.78 is 5.73. The van der Waals surface area contributed by atoms with Crippen molar-refractivity contribution in [3.63, 3.8) is 0 Å². The fraction of sp³-hybridized carbons (Fsp3) is 0.200. The summed E-state index contributed by atoms with van der Waals surface area (Å²) in [6.07, 6.45) is 0. The van der Waals surface area contributed by atoms with E-state index in [0.29, 0.717) is 26.6 Å². The van der Waals surface area contributed by atoms with E-state index < -0.39 is 0 Å². The smallest absolute Gasteiger partial charge is 0.230 e. The summed E-state index contributed by atoms with van der Waals surface area (Å²) in [6, 6.07) is 11.2. The van der Waals surface area contributed by atoms with Gasteiger partial charge < -0.3 is 4.74 Å². The van der Waals surface area contributed by atoms with E-state index in [4.69, 9.17) is 27.9 Å². The Morgan fingerprint density at radius 1 is 1.22 bits per heavy atom. The van der Waals surface area contributed by atoms with Crippen LogP contribution < -0.4 is 9.64 Å². The molecule has 1 heterocycles. The van der Waals surface area contributed by atoms with Gasteiger partial charge in [-0.2, -0.15) is 0 Å². The van der Waals surface area contributed by atoms with Crippen molar-refractivity contribution in [2.45, 2.75) is 27.4 Å². The molecular weight excluding hydrogens is 403 g/mol. The topological polar surface area (TPSA) is 42.4 Å². The van der Waals surface area contributed by atoms with Crippen molar-refractivity contribution < 1.29 is 9.53 Å². The molecule has 7 heteroatoms. The Morgan fingerprint density at radius 3 is 2.70 bits per heavy atom. The Hall–Kier alpha value is -2.08. The van der Waals surface area contributed by atoms with E-state index in [0.717, 1.165) is 16.8 Å². The van der Waals surface area contributed by atoms with Crippen LogP contribution in [-0.4, -0.2) is 10.9 Å². The van der Waals surface area contributed by atoms with Crippen LogP contribution in [0.2, 0.25) is 10.0 Å². The van der Waals surface area contributed by atoms with Gasteiger partial charge in [0.05, 0.1) is 16.4 Å². The third-order valence-corrected chi connectivity index (χ3v) is 5.61. The van der Waals surface area contributed by atoms with Crippen LogP contribution in [0.1, 0.15) is 23.7 Å². The fourth-order valence-electron chi connectivity index (χ4n) is 2.68. The van der Waals surface area contributed by atoms with Gasteiger partial charge in [-0.25, -0.2) is 4.98 Å². The van der Waals surface area contributed by atoms with Gasteiger partial charge in [0.25, 0.3) is 0 Å². The van der Waals surface area contributed by atoms with Crippen LogP contribution in [0.4, 0.5) is 10.8 Å². The Bertz CT molecular complexity index is 988. The summed E-state index contributed by atoms with van der Waals surface area (Å²) in [7, 11) is 0. The number of amides is 1. The molecule has 2 aromatic carbocycles. The predicted molar refractivity (Wildman–Crippen MR) is 112 cm³/mol. The van der Waals surface area contributed by atoms with E-state index in [1.165, 1.54) is 18.3 Å². The number of benzene rings is 2. The van der Waals surface area contributed by atoms with E-state index in [1.807, 2.05) is 37.4 Å². The molecule has 4 nitrogen and oxygen atoms in total. The van der Waals surface area contributed by atoms with Gasteiger partial charge in [-0.05, 0) is 37.6 Å². The highest BCUT2D eigenvalue weighted by molar-refractivity contribution is 7.14. The van der Waals surface area contributed by atoms with Gasteiger partial charge in [0, 0.05) is 12.3 Å². The lowest BCUT2D eigenvalue weighted by molar-refractivity contribution is -0.115. The second-order valence-electron chi connectivity index (χ2n) is 6.11. The lowest BCUT2D eigenvalue weighted by Crippen LogP contribution is -2.23. The number of thiazole rings is 1. The maximum atomic E-state index is 12.3. The first-order chi connectivity index (χ1) is 12.9. The zero-order chi connectivity index (χ0) is 19.6. The standard InChI is InChI=1S/C20H18Cl2N2O2S/c1-12-7-8-17(13(2)9-12)24(14(3)25)20-23-15(11-27-20)10-26-18-6-4-5-16(21)19(18)22/h4-9,11H,10H2,1-3H3. The van der Waals surface area contributed by atoms with Gasteiger partial charge in [-0.15, -0.1) is 11.3 Å². The number of nitrogens with zero attached hydrogens (tertiary/aromatic N) is 2. The summed E-state index contributed by atoms with van der Waals surface area (Å²) in [5.74, 6) is 0.401. The van der Waals surface area contributed by atoms with Crippen LogP contribution in [0.15, 0.2) is 41.8 Å². The van der Waals surface area contributed by atoms with Crippen LogP contribution in [0.5, 0.6) is 5.75 Å². The third-order valence-electron chi connectivity index (χ3n) is 3.93. The molecule has 0 aliphatic rings. The molecule has 0 bridgehead atoms. The van der Waals surface area contributed by atoms with Crippen LogP contribution in [0.3, 0.4) is 0 Å². The van der Waals surface area contributed by atoms with E-state index in [1.54, 1.807) is 23.1 Å². The molecular formula is C20H18Cl2N2O2S. The molecule has 0 saturated carbocycles. The third kappa shape index (κ3) is 4.43. The van der Waals surface area contributed by atoms with Gasteiger partial charge in [0.15, 0.2) is 5.13 Å². The molecule has 3 aromatic rings. The summed E-state index contributed by atoms with van der Waals surface area (Å²) in [5, 5.41) is 3.28. The van der Waals surface area contributed by atoms with E-state index in [9.17, 15) is 4.79 Å². The number of aromatic nitrogens is 1. The molecule has 1 aromatic heterocycles. The maximum absolute atomic E-state index is 12.3. The second kappa shape index (κ2) is 8.30. The SMILES string of the molecule is CC(=O)N(c1nc(COc2cccc(Cl)c2Cl)cs1)c1ccc(C)cc1C. The molecule has 0 fully saturated rings. The normalized spacial score (nSPS) is 10.7. The minimum absolute atomic E-state index is 0.0957. The zero-order valence-electron chi connectivity index (χ0n) is 15.1. The van der Waals surface area contributed by atoms with Gasteiger partial charge in [0.1, 0.15) is 17.4 Å². The molecule has 0 atom stereocenters. The Labute approximate surface area is 172 Å². The average molecular weight is 421 g/mol. The molecule has 0 saturated heterocycles. The molecule has 1 amide bonds. The number of anilines is 2. The van der Waals surface area contributed by atoms with Gasteiger partial charge in [-0.1, -0.05) is 47.0 Å². The molecule has 27 heavy (non-hydrogen) atoms. The number of rotatable bonds is 5. The number of aryl methyl sites for hydroxylation is 2. The van der Waals surface area contributed by atoms with Crippen molar-refractivity contribution in [2.75, 3.05) is 4.90 Å². The lowest BCUT2D eigenvalue weighted by atomic mass is 10.1. The number of carbonyl (C=O) groups excluding carboxylic acids is 1. The van der Waals surface area contributed by atoms with E-state index in [2.05, 4.69) is 4.98 Å². The quantitative estimate of drug-likeness (QED) is 0.484. The number of hydrogen-bond donors (Lipinski definition) is 0. The van der Waals surface area contributed by atoms with Crippen LogP contribution >= 0.6 is 34.5 Å². The maximum Gasteiger partial charge on any atom is 0.230 e. The lowest BCUT2D eigenvalue weighted by Gasteiger charge is -2.20. The monoisotopic (exact) mass is 420 g/mol. The Kier molecular flexibility index (Phi) is 6.05. The molecule has 3 rings (SSSR count). The number of halogens is 2. The van der Waals surface area contributed by atoms with Crippen molar-refractivity contribution in [1.29, 1.82) is 0 Å². The van der Waals surface area contributed by atoms with Crippen molar-refractivity contribution in [3.05, 3.63) is 68.6 Å². The highest BCUT2D eigenvalue weighted by Gasteiger charge is 2.20. The number of ether oxygens (including phenoxy) is 1. The van der Waals surface area contributed by atoms with Gasteiger partial charge in [-0.3, -0.25) is 9.69 Å². The highest BCUT2D eigenvalue weighted by atomic mass is 35.5. The summed E-state index contributed by atoms with van der Waals surface area (Å²) in [5.41, 5.74) is 3.70. The minimum Gasteiger partial charge on any atom is -0.486 e. The first-order valence-corrected chi connectivity index (χ1v) is 9.89. The van der Waals surface area contributed by atoms with Gasteiger partial charge >= 0.3 is 0 Å². The molecule has 0 unspecified atom stereocenters. The van der Waals surface area contributed by atoms with Crippen molar-refractivity contribution >= 4 is 51.3 Å². The molecule has 0 aliphatic heterocycles. The largest absolute Gasteiger partial charge is 0.486 e. The zero-order valence-corrected chi connectivity index (χ0v) is 17.5. The van der Waals surface area contributed by atoms with Crippen LogP contribution in [0, 0.1) is 13.8 Å². The Balaban J connectivity index is 1.82. The average Bonchev–Trinajstić information content (AvgIpc) is 3.06. The second-order valence-corrected chi connectivity index (χ2v) is 7.73. The molecule has 0 radical (unpaired) electrons. The molecule has 0 aliphatic carbocycles. The highest BCUT2D eigenvalue weighted by Crippen LogP contribution is 2.34. The van der Waals surface area contributed by atoms with Crippen molar-refractivity contribution in [3.8, 4) is 5.75 Å². The van der Waals surface area contributed by atoms with Crippen molar-refractivity contribution in [2.24, 2.45) is 0 Å². The van der Waals surface area contributed by atoms with E-state index in [-0.39, 0.29) is 12.5 Å². The van der Waals surface area contributed by atoms with E-state index >= 15 is 0 Å². The van der Waals surface area contributed by atoms with Crippen LogP contribution in [0.25, 0.3) is 0 Å². The van der Waals surface area contributed by atoms with Gasteiger partial charge in [0.2, 0.25) is 5.91 Å². The number of carbonyl (C=O) groups is 1. The minimum atomic E-state index is -0.0957. The fourth-order valence-corrected chi connectivity index (χ4v) is 3.89. The van der Waals surface area contributed by atoms with Crippen LogP contribution in [-0.2, 0) is 11.4 Å². The predicted octanol–water partition coefficient (Wildman–Crippen LogP) is 6.33. The summed E-state index contributed by atoms with van der Waals surface area (Å²) >= 11 is 13.5. The summed E-state index contributed by atoms with van der Waals surface area (Å²) in [4.78, 5) is 18.5. The first kappa shape index (κ1) is 19.7. The first-order valence-electron chi connectivity index (χ1n) is 8.26. The summed E-state index contributed by atoms with van der Waals surface area (Å²) in [6.45, 7) is 5.77. The molecule has 140 valence electrons. The molecule has 0 spiro atoms.